The summed E-state index contributed by atoms with van der Waals surface area (Å²) in [5, 5.41) is 21.9. The lowest BCUT2D eigenvalue weighted by molar-refractivity contribution is -0.385. The molecule has 0 atom stereocenters. The summed E-state index contributed by atoms with van der Waals surface area (Å²) in [6.07, 6.45) is 3.27. The average molecular weight is 328 g/mol. The minimum atomic E-state index is -0.357. The zero-order valence-electron chi connectivity index (χ0n) is 13.8. The summed E-state index contributed by atoms with van der Waals surface area (Å²) < 4.78 is 0. The van der Waals surface area contributed by atoms with Gasteiger partial charge in [-0.15, -0.1) is 0 Å². The van der Waals surface area contributed by atoms with Crippen molar-refractivity contribution in [1.82, 2.24) is 0 Å². The van der Waals surface area contributed by atoms with Gasteiger partial charge in [0, 0.05) is 23.3 Å². The van der Waals surface area contributed by atoms with Gasteiger partial charge in [-0.3, -0.25) is 20.2 Å². The van der Waals surface area contributed by atoms with Crippen LogP contribution in [0.25, 0.3) is 0 Å². The smallest absolute Gasteiger partial charge is 0.258 e. The Morgan fingerprint density at radius 2 is 1.12 bits per heavy atom. The molecule has 0 unspecified atom stereocenters. The highest BCUT2D eigenvalue weighted by Gasteiger charge is 2.12. The number of nitro benzene ring substituents is 2. The highest BCUT2D eigenvalue weighted by atomic mass is 16.6. The van der Waals surface area contributed by atoms with E-state index < -0.39 is 0 Å². The molecule has 0 saturated heterocycles. The summed E-state index contributed by atoms with van der Waals surface area (Å²) >= 11 is 0. The molecule has 0 saturated carbocycles. The van der Waals surface area contributed by atoms with Crippen LogP contribution in [0.15, 0.2) is 36.4 Å². The molecule has 24 heavy (non-hydrogen) atoms. The molecule has 2 aromatic rings. The van der Waals surface area contributed by atoms with Gasteiger partial charge in [-0.05, 0) is 50.7 Å². The van der Waals surface area contributed by atoms with Crippen LogP contribution in [0.1, 0.15) is 35.1 Å². The van der Waals surface area contributed by atoms with Crippen LogP contribution in [0.5, 0.6) is 0 Å². The Bertz CT molecular complexity index is 706. The molecule has 0 amide bonds. The van der Waals surface area contributed by atoms with Crippen LogP contribution in [-0.4, -0.2) is 9.85 Å². The predicted octanol–water partition coefficient (Wildman–Crippen LogP) is 4.69. The lowest BCUT2D eigenvalue weighted by atomic mass is 10.0. The molecule has 0 fully saturated rings. The number of nitro groups is 2. The summed E-state index contributed by atoms with van der Waals surface area (Å²) in [5.41, 5.74) is 3.53. The van der Waals surface area contributed by atoms with Gasteiger partial charge >= 0.3 is 0 Å². The molecule has 126 valence electrons. The molecule has 2 aromatic carbocycles. The normalized spacial score (nSPS) is 10.6. The Kier molecular flexibility index (Phi) is 5.63. The molecule has 2 rings (SSSR count). The second-order valence-electron chi connectivity index (χ2n) is 5.96. The SMILES string of the molecule is Cc1ccc(CCCCc2ccc(C)c([N+](=O)[O-])c2)cc1[N+](=O)[O-]. The van der Waals surface area contributed by atoms with Gasteiger partial charge in [0.25, 0.3) is 11.4 Å². The van der Waals surface area contributed by atoms with E-state index in [4.69, 9.17) is 0 Å². The highest BCUT2D eigenvalue weighted by Crippen LogP contribution is 2.22. The van der Waals surface area contributed by atoms with Crippen LogP contribution in [0.3, 0.4) is 0 Å². The third-order valence-electron chi connectivity index (χ3n) is 4.12. The lowest BCUT2D eigenvalue weighted by Gasteiger charge is -2.05. The molecule has 6 nitrogen and oxygen atoms in total. The van der Waals surface area contributed by atoms with Crippen molar-refractivity contribution in [1.29, 1.82) is 0 Å². The summed E-state index contributed by atoms with van der Waals surface area (Å²) in [6.45, 7) is 3.46. The minimum Gasteiger partial charge on any atom is -0.258 e. The van der Waals surface area contributed by atoms with Crippen LogP contribution >= 0.6 is 0 Å². The van der Waals surface area contributed by atoms with Crippen molar-refractivity contribution in [2.75, 3.05) is 0 Å². The van der Waals surface area contributed by atoms with Gasteiger partial charge in [0.1, 0.15) is 0 Å². The largest absolute Gasteiger partial charge is 0.272 e. The van der Waals surface area contributed by atoms with Crippen LogP contribution < -0.4 is 0 Å². The molecule has 0 aromatic heterocycles. The number of benzene rings is 2. The van der Waals surface area contributed by atoms with Gasteiger partial charge in [0.2, 0.25) is 0 Å². The van der Waals surface area contributed by atoms with E-state index in [0.29, 0.717) is 11.1 Å². The number of aryl methyl sites for hydroxylation is 4. The third kappa shape index (κ3) is 4.38. The predicted molar refractivity (Wildman–Crippen MR) is 92.3 cm³/mol. The Labute approximate surface area is 140 Å². The maximum atomic E-state index is 11.0. The molecule has 6 heteroatoms. The Balaban J connectivity index is 1.92. The molecule has 0 aliphatic carbocycles. The van der Waals surface area contributed by atoms with E-state index in [0.717, 1.165) is 36.8 Å². The Morgan fingerprint density at radius 1 is 0.750 bits per heavy atom. The molecule has 0 radical (unpaired) electrons. The first-order valence-corrected chi connectivity index (χ1v) is 7.86. The molecule has 0 bridgehead atoms. The van der Waals surface area contributed by atoms with Crippen molar-refractivity contribution in [3.05, 3.63) is 78.9 Å². The fourth-order valence-electron chi connectivity index (χ4n) is 2.67. The van der Waals surface area contributed by atoms with Gasteiger partial charge in [0.05, 0.1) is 9.85 Å². The molecular formula is C18H20N2O4. The zero-order chi connectivity index (χ0) is 17.7. The van der Waals surface area contributed by atoms with E-state index in [1.165, 1.54) is 0 Å². The molecule has 0 spiro atoms. The second-order valence-corrected chi connectivity index (χ2v) is 5.96. The van der Waals surface area contributed by atoms with Crippen LogP contribution in [0.4, 0.5) is 11.4 Å². The topological polar surface area (TPSA) is 86.3 Å². The van der Waals surface area contributed by atoms with Crippen molar-refractivity contribution in [3.8, 4) is 0 Å². The van der Waals surface area contributed by atoms with E-state index in [9.17, 15) is 20.2 Å². The van der Waals surface area contributed by atoms with Gasteiger partial charge in [0.15, 0.2) is 0 Å². The second kappa shape index (κ2) is 7.68. The van der Waals surface area contributed by atoms with Gasteiger partial charge in [-0.2, -0.15) is 0 Å². The van der Waals surface area contributed by atoms with Crippen LogP contribution in [0.2, 0.25) is 0 Å². The fourth-order valence-corrected chi connectivity index (χ4v) is 2.67. The fraction of sp³-hybridized carbons (Fsp3) is 0.333. The van der Waals surface area contributed by atoms with Crippen molar-refractivity contribution >= 4 is 11.4 Å². The first kappa shape index (κ1) is 17.6. The number of hydrogen-bond acceptors (Lipinski definition) is 4. The van der Waals surface area contributed by atoms with E-state index in [1.807, 2.05) is 12.1 Å². The van der Waals surface area contributed by atoms with E-state index in [-0.39, 0.29) is 21.2 Å². The summed E-state index contributed by atoms with van der Waals surface area (Å²) in [7, 11) is 0. The average Bonchev–Trinajstić information content (AvgIpc) is 2.53. The molecular weight excluding hydrogens is 308 g/mol. The quantitative estimate of drug-likeness (QED) is 0.419. The van der Waals surface area contributed by atoms with Gasteiger partial charge in [-0.1, -0.05) is 24.3 Å². The summed E-state index contributed by atoms with van der Waals surface area (Å²) in [4.78, 5) is 21.2. The molecule has 0 aliphatic rings. The van der Waals surface area contributed by atoms with E-state index in [2.05, 4.69) is 0 Å². The van der Waals surface area contributed by atoms with Gasteiger partial charge in [-0.25, -0.2) is 0 Å². The molecule has 0 heterocycles. The summed E-state index contributed by atoms with van der Waals surface area (Å²) in [5.74, 6) is 0. The van der Waals surface area contributed by atoms with Gasteiger partial charge < -0.3 is 0 Å². The lowest BCUT2D eigenvalue weighted by Crippen LogP contribution is -1.96. The van der Waals surface area contributed by atoms with Crippen molar-refractivity contribution in [2.45, 2.75) is 39.5 Å². The first-order valence-electron chi connectivity index (χ1n) is 7.86. The third-order valence-corrected chi connectivity index (χ3v) is 4.12. The maximum absolute atomic E-state index is 11.0. The zero-order valence-corrected chi connectivity index (χ0v) is 13.8. The number of rotatable bonds is 7. The standard InChI is InChI=1S/C18H20N2O4/c1-13-7-9-15(11-17(13)19(21)22)5-3-4-6-16-10-8-14(2)18(12-16)20(23)24/h7-12H,3-6H2,1-2H3. The first-order chi connectivity index (χ1) is 11.4. The number of unbranched alkanes of at least 4 members (excludes halogenated alkanes) is 1. The minimum absolute atomic E-state index is 0.154. The van der Waals surface area contributed by atoms with Crippen LogP contribution in [0, 0.1) is 34.1 Å². The monoisotopic (exact) mass is 328 g/mol. The van der Waals surface area contributed by atoms with Crippen molar-refractivity contribution in [3.63, 3.8) is 0 Å². The molecule has 0 N–H and O–H groups in total. The van der Waals surface area contributed by atoms with E-state index >= 15 is 0 Å². The summed E-state index contributed by atoms with van der Waals surface area (Å²) in [6, 6.07) is 10.6. The Morgan fingerprint density at radius 3 is 1.46 bits per heavy atom. The molecule has 0 aliphatic heterocycles. The van der Waals surface area contributed by atoms with Crippen molar-refractivity contribution in [2.24, 2.45) is 0 Å². The van der Waals surface area contributed by atoms with Crippen LogP contribution in [-0.2, 0) is 12.8 Å². The van der Waals surface area contributed by atoms with Crippen molar-refractivity contribution < 1.29 is 9.85 Å². The number of hydrogen-bond donors (Lipinski definition) is 0. The maximum Gasteiger partial charge on any atom is 0.272 e. The highest BCUT2D eigenvalue weighted by molar-refractivity contribution is 5.43. The Hall–Kier alpha value is -2.76. The number of nitrogens with zero attached hydrogens (tertiary/aromatic N) is 2. The van der Waals surface area contributed by atoms with E-state index in [1.54, 1.807) is 38.1 Å².